The number of carbonyl (C=O) groups is 2. The Morgan fingerprint density at radius 2 is 1.96 bits per heavy atom. The standard InChI is InChI=1S/C20H18N4O4/c1-14(23-10-9-21-13-23)16-7-8-17(18(11-16)24(27)28)22-20(26)12-19(25)15-5-3-2-4-6-15/h2-11,13-14H,12H2,1H3,(H,22,26). The number of anilines is 1. The molecule has 0 fully saturated rings. The van der Waals surface area contributed by atoms with Crippen molar-refractivity contribution in [2.24, 2.45) is 0 Å². The second-order valence-corrected chi connectivity index (χ2v) is 6.23. The Morgan fingerprint density at radius 1 is 1.21 bits per heavy atom. The van der Waals surface area contributed by atoms with E-state index in [-0.39, 0.29) is 23.2 Å². The maximum Gasteiger partial charge on any atom is 0.293 e. The molecule has 1 N–H and O–H groups in total. The van der Waals surface area contributed by atoms with E-state index in [1.54, 1.807) is 55.1 Å². The molecule has 1 heterocycles. The molecule has 0 aliphatic heterocycles. The molecule has 3 aromatic rings. The monoisotopic (exact) mass is 378 g/mol. The summed E-state index contributed by atoms with van der Waals surface area (Å²) < 4.78 is 1.82. The van der Waals surface area contributed by atoms with E-state index in [2.05, 4.69) is 10.3 Å². The van der Waals surface area contributed by atoms with Crippen LogP contribution in [0.5, 0.6) is 0 Å². The Bertz CT molecular complexity index is 1000. The third-order valence-electron chi connectivity index (χ3n) is 4.36. The second-order valence-electron chi connectivity index (χ2n) is 6.23. The molecule has 2 aromatic carbocycles. The zero-order valence-corrected chi connectivity index (χ0v) is 15.1. The fourth-order valence-corrected chi connectivity index (χ4v) is 2.80. The van der Waals surface area contributed by atoms with Crippen LogP contribution < -0.4 is 5.32 Å². The highest BCUT2D eigenvalue weighted by Gasteiger charge is 2.20. The molecule has 0 saturated heterocycles. The lowest BCUT2D eigenvalue weighted by molar-refractivity contribution is -0.384. The van der Waals surface area contributed by atoms with Crippen molar-refractivity contribution in [1.29, 1.82) is 0 Å². The minimum Gasteiger partial charge on any atom is -0.330 e. The summed E-state index contributed by atoms with van der Waals surface area (Å²) in [5, 5.41) is 13.9. The van der Waals surface area contributed by atoms with Gasteiger partial charge in [-0.1, -0.05) is 36.4 Å². The van der Waals surface area contributed by atoms with Crippen LogP contribution in [0.4, 0.5) is 11.4 Å². The van der Waals surface area contributed by atoms with Gasteiger partial charge in [0.05, 0.1) is 23.7 Å². The normalized spacial score (nSPS) is 11.6. The molecular weight excluding hydrogens is 360 g/mol. The summed E-state index contributed by atoms with van der Waals surface area (Å²) >= 11 is 0. The molecule has 0 bridgehead atoms. The molecule has 1 unspecified atom stereocenters. The molecule has 1 atom stereocenters. The van der Waals surface area contributed by atoms with Crippen molar-refractivity contribution in [3.05, 3.63) is 88.5 Å². The predicted octanol–water partition coefficient (Wildman–Crippen LogP) is 3.61. The molecular formula is C20H18N4O4. The van der Waals surface area contributed by atoms with Crippen LogP contribution in [-0.4, -0.2) is 26.2 Å². The summed E-state index contributed by atoms with van der Waals surface area (Å²) in [6.07, 6.45) is 4.63. The molecule has 0 radical (unpaired) electrons. The van der Waals surface area contributed by atoms with Gasteiger partial charge in [-0.3, -0.25) is 19.7 Å². The molecule has 1 aromatic heterocycles. The molecule has 0 aliphatic carbocycles. The van der Waals surface area contributed by atoms with Crippen molar-refractivity contribution in [3.8, 4) is 0 Å². The van der Waals surface area contributed by atoms with E-state index in [0.717, 1.165) is 0 Å². The molecule has 1 amide bonds. The van der Waals surface area contributed by atoms with Crippen molar-refractivity contribution >= 4 is 23.1 Å². The highest BCUT2D eigenvalue weighted by Crippen LogP contribution is 2.29. The van der Waals surface area contributed by atoms with Gasteiger partial charge in [-0.15, -0.1) is 0 Å². The van der Waals surface area contributed by atoms with Crippen LogP contribution in [0.15, 0.2) is 67.3 Å². The molecule has 0 spiro atoms. The summed E-state index contributed by atoms with van der Waals surface area (Å²) in [6, 6.07) is 12.8. The summed E-state index contributed by atoms with van der Waals surface area (Å²) in [5.74, 6) is -0.960. The van der Waals surface area contributed by atoms with Crippen molar-refractivity contribution < 1.29 is 14.5 Å². The lowest BCUT2D eigenvalue weighted by Crippen LogP contribution is -2.17. The molecule has 3 rings (SSSR count). The molecule has 8 nitrogen and oxygen atoms in total. The van der Waals surface area contributed by atoms with E-state index in [4.69, 9.17) is 0 Å². The van der Waals surface area contributed by atoms with E-state index < -0.39 is 17.3 Å². The number of nitrogens with one attached hydrogen (secondary N) is 1. The van der Waals surface area contributed by atoms with Crippen molar-refractivity contribution in [2.75, 3.05) is 5.32 Å². The Labute approximate surface area is 161 Å². The van der Waals surface area contributed by atoms with Crippen LogP contribution in [0, 0.1) is 10.1 Å². The van der Waals surface area contributed by atoms with E-state index in [9.17, 15) is 19.7 Å². The number of aromatic nitrogens is 2. The fourth-order valence-electron chi connectivity index (χ4n) is 2.80. The SMILES string of the molecule is CC(c1ccc(NC(=O)CC(=O)c2ccccc2)c([N+](=O)[O-])c1)n1ccnc1. The number of benzene rings is 2. The van der Waals surface area contributed by atoms with Crippen molar-refractivity contribution in [3.63, 3.8) is 0 Å². The van der Waals surface area contributed by atoms with Crippen molar-refractivity contribution in [2.45, 2.75) is 19.4 Å². The summed E-state index contributed by atoms with van der Waals surface area (Å²) in [4.78, 5) is 39.2. The minimum atomic E-state index is -0.604. The first-order chi connectivity index (χ1) is 13.5. The van der Waals surface area contributed by atoms with Crippen LogP contribution in [0.25, 0.3) is 0 Å². The summed E-state index contributed by atoms with van der Waals surface area (Å²) in [6.45, 7) is 1.89. The number of amides is 1. The highest BCUT2D eigenvalue weighted by atomic mass is 16.6. The number of nitro benzene ring substituents is 1. The molecule has 0 saturated carbocycles. The van der Waals surface area contributed by atoms with E-state index in [1.165, 1.54) is 12.1 Å². The fraction of sp³-hybridized carbons (Fsp3) is 0.150. The number of Topliss-reactive ketones (excluding diaryl/α,β-unsaturated/α-hetero) is 1. The minimum absolute atomic E-state index is 0.0532. The van der Waals surface area contributed by atoms with Gasteiger partial charge in [0.15, 0.2) is 5.78 Å². The average molecular weight is 378 g/mol. The largest absolute Gasteiger partial charge is 0.330 e. The average Bonchev–Trinajstić information content (AvgIpc) is 3.23. The van der Waals surface area contributed by atoms with Crippen LogP contribution in [-0.2, 0) is 4.79 Å². The third kappa shape index (κ3) is 4.29. The van der Waals surface area contributed by atoms with Gasteiger partial charge < -0.3 is 9.88 Å². The number of ketones is 1. The van der Waals surface area contributed by atoms with Gasteiger partial charge in [-0.25, -0.2) is 4.98 Å². The Kier molecular flexibility index (Phi) is 5.59. The Hall–Kier alpha value is -3.81. The topological polar surface area (TPSA) is 107 Å². The number of hydrogen-bond acceptors (Lipinski definition) is 5. The predicted molar refractivity (Wildman–Crippen MR) is 103 cm³/mol. The van der Waals surface area contributed by atoms with Crippen LogP contribution in [0.3, 0.4) is 0 Å². The number of carbonyl (C=O) groups excluding carboxylic acids is 2. The maximum absolute atomic E-state index is 12.2. The van der Waals surface area contributed by atoms with Crippen LogP contribution >= 0.6 is 0 Å². The molecule has 8 heteroatoms. The Morgan fingerprint density at radius 3 is 2.61 bits per heavy atom. The maximum atomic E-state index is 12.2. The lowest BCUT2D eigenvalue weighted by Gasteiger charge is -2.14. The first-order valence-corrected chi connectivity index (χ1v) is 8.59. The Balaban J connectivity index is 1.77. The van der Waals surface area contributed by atoms with Gasteiger partial charge in [-0.05, 0) is 18.6 Å². The van der Waals surface area contributed by atoms with Gasteiger partial charge in [0, 0.05) is 24.0 Å². The van der Waals surface area contributed by atoms with Gasteiger partial charge in [-0.2, -0.15) is 0 Å². The first kappa shape index (κ1) is 19.0. The van der Waals surface area contributed by atoms with E-state index in [1.807, 2.05) is 11.5 Å². The summed E-state index contributed by atoms with van der Waals surface area (Å²) in [7, 11) is 0. The zero-order valence-electron chi connectivity index (χ0n) is 15.1. The number of hydrogen-bond donors (Lipinski definition) is 1. The van der Waals surface area contributed by atoms with Crippen molar-refractivity contribution in [1.82, 2.24) is 9.55 Å². The van der Waals surface area contributed by atoms with Crippen LogP contribution in [0.1, 0.15) is 35.3 Å². The summed E-state index contributed by atoms with van der Waals surface area (Å²) in [5.41, 5.74) is 0.933. The number of rotatable bonds is 7. The van der Waals surface area contributed by atoms with Gasteiger partial charge in [0.2, 0.25) is 5.91 Å². The van der Waals surface area contributed by atoms with Gasteiger partial charge >= 0.3 is 0 Å². The molecule has 28 heavy (non-hydrogen) atoms. The third-order valence-corrected chi connectivity index (χ3v) is 4.36. The van der Waals surface area contributed by atoms with E-state index in [0.29, 0.717) is 11.1 Å². The molecule has 142 valence electrons. The van der Waals surface area contributed by atoms with E-state index >= 15 is 0 Å². The molecule has 0 aliphatic rings. The second kappa shape index (κ2) is 8.26. The van der Waals surface area contributed by atoms with Gasteiger partial charge in [0.1, 0.15) is 5.69 Å². The van der Waals surface area contributed by atoms with Crippen LogP contribution in [0.2, 0.25) is 0 Å². The lowest BCUT2D eigenvalue weighted by atomic mass is 10.1. The highest BCUT2D eigenvalue weighted by molar-refractivity contribution is 6.11. The zero-order chi connectivity index (χ0) is 20.1. The number of imidazole rings is 1. The first-order valence-electron chi connectivity index (χ1n) is 8.59. The smallest absolute Gasteiger partial charge is 0.293 e. The number of nitrogens with zero attached hydrogens (tertiary/aromatic N) is 3. The van der Waals surface area contributed by atoms with Gasteiger partial charge in [0.25, 0.3) is 5.69 Å². The quantitative estimate of drug-likeness (QED) is 0.292. The number of nitro groups is 1.